The van der Waals surface area contributed by atoms with Gasteiger partial charge in [-0.15, -0.1) is 10.2 Å². The largest absolute Gasteiger partial charge is 0.507 e. The number of piperidine rings is 1. The van der Waals surface area contributed by atoms with E-state index in [9.17, 15) is 5.11 Å². The number of hydrogen-bond acceptors (Lipinski definition) is 6. The van der Waals surface area contributed by atoms with Gasteiger partial charge in [-0.25, -0.2) is 4.68 Å². The predicted molar refractivity (Wildman–Crippen MR) is 105 cm³/mol. The van der Waals surface area contributed by atoms with Crippen molar-refractivity contribution in [3.05, 3.63) is 48.8 Å². The van der Waals surface area contributed by atoms with Crippen molar-refractivity contribution in [3.63, 3.8) is 0 Å². The summed E-state index contributed by atoms with van der Waals surface area (Å²) in [5, 5.41) is 23.4. The van der Waals surface area contributed by atoms with Crippen LogP contribution in [-0.2, 0) is 0 Å². The molecule has 1 aromatic carbocycles. The van der Waals surface area contributed by atoms with Crippen molar-refractivity contribution in [2.75, 3.05) is 11.4 Å². The first-order valence-electron chi connectivity index (χ1n) is 9.17. The molecule has 27 heavy (non-hydrogen) atoms. The maximum atomic E-state index is 10.4. The fraction of sp³-hybridized carbons (Fsp3) is 0.350. The SMILES string of the molecule is CC1(C)C(N)CCCN1c1ccc(-c2ccc(-n3cccn3)cc2O)nn1. The van der Waals surface area contributed by atoms with Gasteiger partial charge in [-0.3, -0.25) is 0 Å². The van der Waals surface area contributed by atoms with Crippen LogP contribution in [0.4, 0.5) is 5.82 Å². The summed E-state index contributed by atoms with van der Waals surface area (Å²) in [6, 6.07) is 11.2. The molecule has 1 aliphatic heterocycles. The summed E-state index contributed by atoms with van der Waals surface area (Å²) >= 11 is 0. The summed E-state index contributed by atoms with van der Waals surface area (Å²) < 4.78 is 1.69. The van der Waals surface area contributed by atoms with Gasteiger partial charge >= 0.3 is 0 Å². The van der Waals surface area contributed by atoms with Gasteiger partial charge in [-0.2, -0.15) is 5.10 Å². The Kier molecular flexibility index (Phi) is 4.31. The first kappa shape index (κ1) is 17.5. The van der Waals surface area contributed by atoms with Crippen molar-refractivity contribution in [1.29, 1.82) is 0 Å². The molecule has 1 aliphatic rings. The average Bonchev–Trinajstić information content (AvgIpc) is 3.19. The van der Waals surface area contributed by atoms with Crippen molar-refractivity contribution in [3.8, 4) is 22.7 Å². The zero-order valence-corrected chi connectivity index (χ0v) is 15.6. The molecule has 7 nitrogen and oxygen atoms in total. The Balaban J connectivity index is 1.61. The van der Waals surface area contributed by atoms with Gasteiger partial charge in [0.1, 0.15) is 5.75 Å². The van der Waals surface area contributed by atoms with Gasteiger partial charge in [0.25, 0.3) is 0 Å². The molecule has 3 heterocycles. The van der Waals surface area contributed by atoms with Gasteiger partial charge in [-0.1, -0.05) is 0 Å². The van der Waals surface area contributed by atoms with E-state index in [1.807, 2.05) is 36.5 Å². The third-order valence-electron chi connectivity index (χ3n) is 5.45. The van der Waals surface area contributed by atoms with E-state index in [0.29, 0.717) is 11.3 Å². The van der Waals surface area contributed by atoms with Crippen molar-refractivity contribution >= 4 is 5.82 Å². The lowest BCUT2D eigenvalue weighted by molar-refractivity contribution is 0.307. The number of phenols is 1. The Bertz CT molecular complexity index is 920. The van der Waals surface area contributed by atoms with Crippen LogP contribution >= 0.6 is 0 Å². The molecule has 1 fully saturated rings. The highest BCUT2D eigenvalue weighted by Crippen LogP contribution is 2.33. The summed E-state index contributed by atoms with van der Waals surface area (Å²) in [5.74, 6) is 0.955. The van der Waals surface area contributed by atoms with Gasteiger partial charge in [-0.05, 0) is 57.0 Å². The Morgan fingerprint density at radius 1 is 1.19 bits per heavy atom. The number of benzene rings is 1. The fourth-order valence-electron chi connectivity index (χ4n) is 3.63. The molecule has 1 saturated heterocycles. The molecule has 0 saturated carbocycles. The van der Waals surface area contributed by atoms with E-state index >= 15 is 0 Å². The minimum absolute atomic E-state index is 0.103. The van der Waals surface area contributed by atoms with Gasteiger partial charge in [0, 0.05) is 36.6 Å². The monoisotopic (exact) mass is 364 g/mol. The molecule has 2 aromatic heterocycles. The molecule has 3 N–H and O–H groups in total. The first-order chi connectivity index (χ1) is 13.0. The number of rotatable bonds is 3. The lowest BCUT2D eigenvalue weighted by Crippen LogP contribution is -2.60. The first-order valence-corrected chi connectivity index (χ1v) is 9.17. The maximum Gasteiger partial charge on any atom is 0.151 e. The maximum absolute atomic E-state index is 10.4. The van der Waals surface area contributed by atoms with Gasteiger partial charge in [0.15, 0.2) is 5.82 Å². The molecular formula is C20H24N6O. The van der Waals surface area contributed by atoms with Crippen LogP contribution in [0.5, 0.6) is 5.75 Å². The van der Waals surface area contributed by atoms with E-state index in [1.165, 1.54) is 0 Å². The van der Waals surface area contributed by atoms with E-state index in [4.69, 9.17) is 5.73 Å². The minimum atomic E-state index is -0.165. The number of aromatic nitrogens is 4. The third kappa shape index (κ3) is 3.14. The van der Waals surface area contributed by atoms with Crippen LogP contribution in [0, 0.1) is 0 Å². The van der Waals surface area contributed by atoms with E-state index < -0.39 is 0 Å². The van der Waals surface area contributed by atoms with E-state index in [0.717, 1.165) is 30.9 Å². The zero-order chi connectivity index (χ0) is 19.0. The Morgan fingerprint density at radius 3 is 2.70 bits per heavy atom. The van der Waals surface area contributed by atoms with Gasteiger partial charge < -0.3 is 15.7 Å². The smallest absolute Gasteiger partial charge is 0.151 e. The highest BCUT2D eigenvalue weighted by molar-refractivity contribution is 5.69. The zero-order valence-electron chi connectivity index (χ0n) is 15.6. The molecule has 1 unspecified atom stereocenters. The summed E-state index contributed by atoms with van der Waals surface area (Å²) in [5.41, 5.74) is 8.19. The highest BCUT2D eigenvalue weighted by atomic mass is 16.3. The van der Waals surface area contributed by atoms with Crippen molar-refractivity contribution in [2.24, 2.45) is 5.73 Å². The summed E-state index contributed by atoms with van der Waals surface area (Å²) in [4.78, 5) is 2.22. The quantitative estimate of drug-likeness (QED) is 0.742. The molecule has 0 spiro atoms. The molecule has 0 amide bonds. The van der Waals surface area contributed by atoms with Crippen LogP contribution in [0.25, 0.3) is 16.9 Å². The summed E-state index contributed by atoms with van der Waals surface area (Å²) in [7, 11) is 0. The lowest BCUT2D eigenvalue weighted by atomic mass is 9.85. The number of phenolic OH excluding ortho intramolecular Hbond substituents is 1. The number of nitrogens with two attached hydrogens (primary N) is 1. The van der Waals surface area contributed by atoms with Gasteiger partial charge in [0.05, 0.1) is 16.9 Å². The number of nitrogens with zero attached hydrogens (tertiary/aromatic N) is 5. The average molecular weight is 364 g/mol. The Morgan fingerprint density at radius 2 is 2.04 bits per heavy atom. The van der Waals surface area contributed by atoms with Crippen molar-refractivity contribution < 1.29 is 5.11 Å². The third-order valence-corrected chi connectivity index (χ3v) is 5.45. The molecule has 0 aliphatic carbocycles. The molecule has 0 radical (unpaired) electrons. The Hall–Kier alpha value is -2.93. The molecule has 0 bridgehead atoms. The normalized spacial score (nSPS) is 19.2. The second kappa shape index (κ2) is 6.66. The van der Waals surface area contributed by atoms with E-state index in [-0.39, 0.29) is 17.3 Å². The predicted octanol–water partition coefficient (Wildman–Crippen LogP) is 2.74. The number of aromatic hydroxyl groups is 1. The molecule has 1 atom stereocenters. The summed E-state index contributed by atoms with van der Waals surface area (Å²) in [6.07, 6.45) is 5.59. The molecule has 140 valence electrons. The van der Waals surface area contributed by atoms with Crippen LogP contribution in [0.15, 0.2) is 48.8 Å². The number of anilines is 1. The number of hydrogen-bond donors (Lipinski definition) is 2. The Labute approximate surface area is 158 Å². The highest BCUT2D eigenvalue weighted by Gasteiger charge is 2.37. The molecular weight excluding hydrogens is 340 g/mol. The standard InChI is InChI=1S/C20H24N6O/c1-20(2)18(21)5-3-11-25(20)19-9-8-16(23-24-19)15-7-6-14(13-17(15)27)26-12-4-10-22-26/h4,6-10,12-13,18,27H,3,5,11,21H2,1-2H3. The van der Waals surface area contributed by atoms with Gasteiger partial charge in [0.2, 0.25) is 0 Å². The minimum Gasteiger partial charge on any atom is -0.507 e. The molecule has 4 rings (SSSR count). The molecule has 7 heteroatoms. The second-order valence-electron chi connectivity index (χ2n) is 7.48. The van der Waals surface area contributed by atoms with E-state index in [2.05, 4.69) is 34.0 Å². The van der Waals surface area contributed by atoms with Crippen LogP contribution in [0.3, 0.4) is 0 Å². The topological polar surface area (TPSA) is 93.1 Å². The lowest BCUT2D eigenvalue weighted by Gasteiger charge is -2.47. The van der Waals surface area contributed by atoms with E-state index in [1.54, 1.807) is 16.9 Å². The van der Waals surface area contributed by atoms with Crippen molar-refractivity contribution in [2.45, 2.75) is 38.3 Å². The van der Waals surface area contributed by atoms with Crippen molar-refractivity contribution in [1.82, 2.24) is 20.0 Å². The van der Waals surface area contributed by atoms with Crippen LogP contribution in [0.2, 0.25) is 0 Å². The second-order valence-corrected chi connectivity index (χ2v) is 7.48. The van der Waals surface area contributed by atoms with Crippen LogP contribution < -0.4 is 10.6 Å². The fourth-order valence-corrected chi connectivity index (χ4v) is 3.63. The molecule has 3 aromatic rings. The summed E-state index contributed by atoms with van der Waals surface area (Å²) in [6.45, 7) is 5.21. The van der Waals surface area contributed by atoms with Crippen LogP contribution in [-0.4, -0.2) is 43.2 Å². The van der Waals surface area contributed by atoms with Crippen LogP contribution in [0.1, 0.15) is 26.7 Å².